The third-order valence-electron chi connectivity index (χ3n) is 3.78. The standard InChI is InChI=1S/C15H25N3O2/c1-4-6-16-8-12-9-17-7-5-13(12)18-10-14(19-2)15(11-18)20-3/h5,7,9,14-16H,4,6,8,10-11H2,1-3H3. The summed E-state index contributed by atoms with van der Waals surface area (Å²) in [5.74, 6) is 0. The van der Waals surface area contributed by atoms with E-state index in [1.54, 1.807) is 14.2 Å². The van der Waals surface area contributed by atoms with Crippen LogP contribution in [0.5, 0.6) is 0 Å². The van der Waals surface area contributed by atoms with Crippen molar-refractivity contribution in [1.82, 2.24) is 10.3 Å². The first-order valence-corrected chi connectivity index (χ1v) is 7.24. The normalized spacial score (nSPS) is 22.4. The average Bonchev–Trinajstić information content (AvgIpc) is 2.91. The molecule has 5 heteroatoms. The second-order valence-corrected chi connectivity index (χ2v) is 5.13. The zero-order valence-corrected chi connectivity index (χ0v) is 12.6. The van der Waals surface area contributed by atoms with E-state index in [1.807, 2.05) is 12.4 Å². The minimum atomic E-state index is 0.129. The van der Waals surface area contributed by atoms with E-state index >= 15 is 0 Å². The number of nitrogens with zero attached hydrogens (tertiary/aromatic N) is 2. The van der Waals surface area contributed by atoms with Crippen molar-refractivity contribution in [2.24, 2.45) is 0 Å². The summed E-state index contributed by atoms with van der Waals surface area (Å²) in [6, 6.07) is 2.08. The highest BCUT2D eigenvalue weighted by Crippen LogP contribution is 2.26. The molecule has 1 N–H and O–H groups in total. The van der Waals surface area contributed by atoms with E-state index in [-0.39, 0.29) is 12.2 Å². The van der Waals surface area contributed by atoms with E-state index in [2.05, 4.69) is 28.2 Å². The van der Waals surface area contributed by atoms with E-state index < -0.39 is 0 Å². The third-order valence-corrected chi connectivity index (χ3v) is 3.78. The van der Waals surface area contributed by atoms with Crippen LogP contribution in [0.15, 0.2) is 18.5 Å². The van der Waals surface area contributed by atoms with Gasteiger partial charge < -0.3 is 19.7 Å². The summed E-state index contributed by atoms with van der Waals surface area (Å²) in [6.07, 6.45) is 5.19. The smallest absolute Gasteiger partial charge is 0.102 e. The first kappa shape index (κ1) is 15.2. The molecule has 1 fully saturated rings. The number of ether oxygens (including phenoxy) is 2. The minimum absolute atomic E-state index is 0.129. The van der Waals surface area contributed by atoms with Crippen LogP contribution in [-0.4, -0.2) is 51.0 Å². The highest BCUT2D eigenvalue weighted by molar-refractivity contribution is 5.53. The minimum Gasteiger partial charge on any atom is -0.377 e. The number of rotatable bonds is 7. The Labute approximate surface area is 121 Å². The van der Waals surface area contributed by atoms with Gasteiger partial charge in [-0.15, -0.1) is 0 Å². The Morgan fingerprint density at radius 1 is 1.30 bits per heavy atom. The van der Waals surface area contributed by atoms with Gasteiger partial charge in [0.15, 0.2) is 0 Å². The predicted molar refractivity (Wildman–Crippen MR) is 80.0 cm³/mol. The van der Waals surface area contributed by atoms with Gasteiger partial charge >= 0.3 is 0 Å². The van der Waals surface area contributed by atoms with Crippen LogP contribution in [0.2, 0.25) is 0 Å². The summed E-state index contributed by atoms with van der Waals surface area (Å²) in [6.45, 7) is 5.77. The maximum atomic E-state index is 5.51. The first-order chi connectivity index (χ1) is 9.80. The lowest BCUT2D eigenvalue weighted by molar-refractivity contribution is -0.00461. The van der Waals surface area contributed by atoms with Gasteiger partial charge in [-0.2, -0.15) is 0 Å². The number of methoxy groups -OCH3 is 2. The molecule has 0 aromatic carbocycles. The molecule has 2 unspecified atom stereocenters. The van der Waals surface area contributed by atoms with Gasteiger partial charge in [-0.05, 0) is 19.0 Å². The number of hydrogen-bond donors (Lipinski definition) is 1. The van der Waals surface area contributed by atoms with Gasteiger partial charge in [-0.1, -0.05) is 6.92 Å². The Bertz CT molecular complexity index is 402. The van der Waals surface area contributed by atoms with Gasteiger partial charge in [0.05, 0.1) is 0 Å². The second-order valence-electron chi connectivity index (χ2n) is 5.13. The van der Waals surface area contributed by atoms with Gasteiger partial charge in [0.2, 0.25) is 0 Å². The summed E-state index contributed by atoms with van der Waals surface area (Å²) in [5.41, 5.74) is 2.46. The van der Waals surface area contributed by atoms with E-state index in [9.17, 15) is 0 Å². The maximum absolute atomic E-state index is 5.51. The van der Waals surface area contributed by atoms with Crippen LogP contribution >= 0.6 is 0 Å². The van der Waals surface area contributed by atoms with E-state index in [0.29, 0.717) is 0 Å². The molecule has 0 spiro atoms. The number of nitrogens with one attached hydrogen (secondary N) is 1. The summed E-state index contributed by atoms with van der Waals surface area (Å²) in [4.78, 5) is 6.57. The van der Waals surface area contributed by atoms with Crippen molar-refractivity contribution in [2.45, 2.75) is 32.1 Å². The summed E-state index contributed by atoms with van der Waals surface area (Å²) in [5, 5.41) is 3.44. The lowest BCUT2D eigenvalue weighted by atomic mass is 10.2. The van der Waals surface area contributed by atoms with Gasteiger partial charge in [-0.3, -0.25) is 4.98 Å². The predicted octanol–water partition coefficient (Wildman–Crippen LogP) is 1.43. The zero-order valence-electron chi connectivity index (χ0n) is 12.6. The molecule has 0 radical (unpaired) electrons. The van der Waals surface area contributed by atoms with Crippen molar-refractivity contribution in [3.63, 3.8) is 0 Å². The fraction of sp³-hybridized carbons (Fsp3) is 0.667. The molecule has 5 nitrogen and oxygen atoms in total. The SMILES string of the molecule is CCCNCc1cnccc1N1CC(OC)C(OC)C1. The lowest BCUT2D eigenvalue weighted by Crippen LogP contribution is -2.27. The fourth-order valence-electron chi connectivity index (χ4n) is 2.66. The Balaban J connectivity index is 2.08. The van der Waals surface area contributed by atoms with Crippen molar-refractivity contribution < 1.29 is 9.47 Å². The summed E-state index contributed by atoms with van der Waals surface area (Å²) in [7, 11) is 3.49. The molecule has 1 aliphatic rings. The van der Waals surface area contributed by atoms with E-state index in [1.165, 1.54) is 11.3 Å². The molecule has 0 saturated carbocycles. The molecule has 2 rings (SSSR count). The lowest BCUT2D eigenvalue weighted by Gasteiger charge is -2.21. The van der Waals surface area contributed by atoms with Crippen molar-refractivity contribution in [3.8, 4) is 0 Å². The molecule has 1 aromatic rings. The van der Waals surface area contributed by atoms with Crippen LogP contribution in [-0.2, 0) is 16.0 Å². The second kappa shape index (κ2) is 7.57. The molecule has 0 aliphatic carbocycles. The number of hydrogen-bond acceptors (Lipinski definition) is 5. The molecule has 1 saturated heterocycles. The monoisotopic (exact) mass is 279 g/mol. The van der Waals surface area contributed by atoms with Gasteiger partial charge in [0.25, 0.3) is 0 Å². The molecule has 1 aromatic heterocycles. The third kappa shape index (κ3) is 3.48. The van der Waals surface area contributed by atoms with E-state index in [4.69, 9.17) is 9.47 Å². The highest BCUT2D eigenvalue weighted by Gasteiger charge is 2.33. The van der Waals surface area contributed by atoms with Crippen molar-refractivity contribution >= 4 is 5.69 Å². The Morgan fingerprint density at radius 2 is 2.00 bits per heavy atom. The molecule has 0 bridgehead atoms. The molecule has 1 aliphatic heterocycles. The molecule has 112 valence electrons. The number of aromatic nitrogens is 1. The first-order valence-electron chi connectivity index (χ1n) is 7.24. The quantitative estimate of drug-likeness (QED) is 0.765. The molecule has 0 amide bonds. The highest BCUT2D eigenvalue weighted by atomic mass is 16.5. The largest absolute Gasteiger partial charge is 0.377 e. The molecule has 2 heterocycles. The molecular formula is C15H25N3O2. The molecular weight excluding hydrogens is 254 g/mol. The van der Waals surface area contributed by atoms with Crippen LogP contribution in [0, 0.1) is 0 Å². The fourth-order valence-corrected chi connectivity index (χ4v) is 2.66. The molecule has 20 heavy (non-hydrogen) atoms. The van der Waals surface area contributed by atoms with Crippen LogP contribution in [0.4, 0.5) is 5.69 Å². The Morgan fingerprint density at radius 3 is 2.60 bits per heavy atom. The van der Waals surface area contributed by atoms with Crippen LogP contribution in [0.25, 0.3) is 0 Å². The Kier molecular flexibility index (Phi) is 5.76. The Hall–Kier alpha value is -1.17. The average molecular weight is 279 g/mol. The number of anilines is 1. The summed E-state index contributed by atoms with van der Waals surface area (Å²) >= 11 is 0. The van der Waals surface area contributed by atoms with Gasteiger partial charge in [0, 0.05) is 57.5 Å². The molecule has 2 atom stereocenters. The van der Waals surface area contributed by atoms with Crippen molar-refractivity contribution in [1.29, 1.82) is 0 Å². The van der Waals surface area contributed by atoms with Crippen LogP contribution < -0.4 is 10.2 Å². The van der Waals surface area contributed by atoms with Gasteiger partial charge in [-0.25, -0.2) is 0 Å². The van der Waals surface area contributed by atoms with Crippen LogP contribution in [0.1, 0.15) is 18.9 Å². The van der Waals surface area contributed by atoms with Crippen molar-refractivity contribution in [3.05, 3.63) is 24.0 Å². The van der Waals surface area contributed by atoms with E-state index in [0.717, 1.165) is 32.6 Å². The van der Waals surface area contributed by atoms with Crippen LogP contribution in [0.3, 0.4) is 0 Å². The number of pyridine rings is 1. The maximum Gasteiger partial charge on any atom is 0.102 e. The summed E-state index contributed by atoms with van der Waals surface area (Å²) < 4.78 is 11.0. The topological polar surface area (TPSA) is 46.6 Å². The van der Waals surface area contributed by atoms with Gasteiger partial charge in [0.1, 0.15) is 12.2 Å². The zero-order chi connectivity index (χ0) is 14.4. The van der Waals surface area contributed by atoms with Crippen molar-refractivity contribution in [2.75, 3.05) is 38.8 Å².